The van der Waals surface area contributed by atoms with Crippen LogP contribution in [0.1, 0.15) is 60.3 Å². The molecule has 5 heteroatoms. The van der Waals surface area contributed by atoms with Gasteiger partial charge in [-0.05, 0) is 77.9 Å². The van der Waals surface area contributed by atoms with Gasteiger partial charge in [-0.2, -0.15) is 5.10 Å². The maximum Gasteiger partial charge on any atom is 0.274 e. The Labute approximate surface area is 146 Å². The molecule has 134 valence electrons. The Bertz CT molecular complexity index is 572. The number of fused-ring (bicyclic) bond motifs is 1. The van der Waals surface area contributed by atoms with Gasteiger partial charge in [0.1, 0.15) is 0 Å². The third kappa shape index (κ3) is 3.82. The Hall–Kier alpha value is -1.36. The van der Waals surface area contributed by atoms with Crippen LogP contribution < -0.4 is 0 Å². The highest BCUT2D eigenvalue weighted by Crippen LogP contribution is 2.31. The summed E-state index contributed by atoms with van der Waals surface area (Å²) in [7, 11) is 6.27. The van der Waals surface area contributed by atoms with Crippen molar-refractivity contribution in [3.8, 4) is 0 Å². The summed E-state index contributed by atoms with van der Waals surface area (Å²) in [5, 5.41) is 4.63. The van der Waals surface area contributed by atoms with Gasteiger partial charge >= 0.3 is 0 Å². The molecule has 2 aliphatic rings. The minimum absolute atomic E-state index is 0.167. The second-order valence-corrected chi connectivity index (χ2v) is 7.80. The lowest BCUT2D eigenvalue weighted by Gasteiger charge is -2.27. The molecule has 0 radical (unpaired) electrons. The molecule has 0 N–H and O–H groups in total. The number of nitrogens with zero attached hydrogens (tertiary/aromatic N) is 4. The smallest absolute Gasteiger partial charge is 0.274 e. The first-order valence-corrected chi connectivity index (χ1v) is 9.55. The number of carbonyl (C=O) groups excluding carboxylic acids is 1. The minimum Gasteiger partial charge on any atom is -0.337 e. The lowest BCUT2D eigenvalue weighted by atomic mass is 9.83. The van der Waals surface area contributed by atoms with Crippen molar-refractivity contribution < 1.29 is 4.79 Å². The first-order valence-electron chi connectivity index (χ1n) is 9.55. The van der Waals surface area contributed by atoms with Gasteiger partial charge in [-0.15, -0.1) is 0 Å². The SMILES string of the molecule is CN(C)CCCC1CCc2c(c(C(=O)N3CCCCC3)nn2C)C1. The molecule has 0 aromatic carbocycles. The molecular weight excluding hydrogens is 300 g/mol. The number of likely N-dealkylation sites (tertiary alicyclic amines) is 1. The molecule has 24 heavy (non-hydrogen) atoms. The Morgan fingerprint density at radius 2 is 2.00 bits per heavy atom. The fourth-order valence-electron chi connectivity index (χ4n) is 4.22. The monoisotopic (exact) mass is 332 g/mol. The molecule has 5 nitrogen and oxygen atoms in total. The fraction of sp³-hybridized carbons (Fsp3) is 0.789. The molecule has 1 fully saturated rings. The van der Waals surface area contributed by atoms with Crippen molar-refractivity contribution in [2.75, 3.05) is 33.7 Å². The van der Waals surface area contributed by atoms with Crippen molar-refractivity contribution in [1.82, 2.24) is 19.6 Å². The molecule has 1 unspecified atom stereocenters. The predicted molar refractivity (Wildman–Crippen MR) is 96.3 cm³/mol. The summed E-state index contributed by atoms with van der Waals surface area (Å²) in [4.78, 5) is 17.2. The zero-order chi connectivity index (χ0) is 17.1. The zero-order valence-corrected chi connectivity index (χ0v) is 15.6. The van der Waals surface area contributed by atoms with Crippen LogP contribution in [0, 0.1) is 5.92 Å². The molecular formula is C19H32N4O. The minimum atomic E-state index is 0.167. The summed E-state index contributed by atoms with van der Waals surface area (Å²) < 4.78 is 1.96. The molecule has 1 saturated heterocycles. The Morgan fingerprint density at radius 3 is 2.71 bits per heavy atom. The lowest BCUT2D eigenvalue weighted by molar-refractivity contribution is 0.0716. The van der Waals surface area contributed by atoms with E-state index >= 15 is 0 Å². The van der Waals surface area contributed by atoms with E-state index in [2.05, 4.69) is 24.1 Å². The van der Waals surface area contributed by atoms with Crippen molar-refractivity contribution in [2.24, 2.45) is 13.0 Å². The number of aryl methyl sites for hydroxylation is 1. The Balaban J connectivity index is 1.70. The van der Waals surface area contributed by atoms with Gasteiger partial charge in [0.25, 0.3) is 5.91 Å². The molecule has 1 amide bonds. The van der Waals surface area contributed by atoms with E-state index in [0.29, 0.717) is 5.92 Å². The molecule has 1 atom stereocenters. The number of piperidine rings is 1. The van der Waals surface area contributed by atoms with E-state index in [0.717, 1.165) is 51.0 Å². The summed E-state index contributed by atoms with van der Waals surface area (Å²) in [6, 6.07) is 0. The van der Waals surface area contributed by atoms with Gasteiger partial charge in [-0.3, -0.25) is 9.48 Å². The third-order valence-corrected chi connectivity index (χ3v) is 5.62. The van der Waals surface area contributed by atoms with Crippen LogP contribution in [0.2, 0.25) is 0 Å². The molecule has 2 heterocycles. The first-order chi connectivity index (χ1) is 11.6. The van der Waals surface area contributed by atoms with Crippen LogP contribution >= 0.6 is 0 Å². The van der Waals surface area contributed by atoms with Crippen LogP contribution in [-0.2, 0) is 19.9 Å². The Kier molecular flexibility index (Phi) is 5.59. The highest BCUT2D eigenvalue weighted by atomic mass is 16.2. The van der Waals surface area contributed by atoms with Crippen molar-refractivity contribution in [1.29, 1.82) is 0 Å². The number of amides is 1. The fourth-order valence-corrected chi connectivity index (χ4v) is 4.22. The summed E-state index contributed by atoms with van der Waals surface area (Å²) in [6.07, 6.45) is 9.34. The zero-order valence-electron chi connectivity index (χ0n) is 15.6. The highest BCUT2D eigenvalue weighted by Gasteiger charge is 2.30. The molecule has 1 aromatic rings. The van der Waals surface area contributed by atoms with Gasteiger partial charge in [0.05, 0.1) is 0 Å². The average molecular weight is 332 g/mol. The van der Waals surface area contributed by atoms with Crippen LogP contribution in [0.4, 0.5) is 0 Å². The summed E-state index contributed by atoms with van der Waals surface area (Å²) in [6.45, 7) is 2.95. The molecule has 0 bridgehead atoms. The highest BCUT2D eigenvalue weighted by molar-refractivity contribution is 5.94. The maximum atomic E-state index is 12.9. The largest absolute Gasteiger partial charge is 0.337 e. The molecule has 0 spiro atoms. The van der Waals surface area contributed by atoms with E-state index < -0.39 is 0 Å². The van der Waals surface area contributed by atoms with E-state index in [-0.39, 0.29) is 5.91 Å². The van der Waals surface area contributed by atoms with Gasteiger partial charge in [0.15, 0.2) is 5.69 Å². The third-order valence-electron chi connectivity index (χ3n) is 5.62. The van der Waals surface area contributed by atoms with Crippen molar-refractivity contribution in [2.45, 2.75) is 51.4 Å². The van der Waals surface area contributed by atoms with E-state index in [1.165, 1.54) is 36.9 Å². The van der Waals surface area contributed by atoms with Gasteiger partial charge in [-0.25, -0.2) is 0 Å². The quantitative estimate of drug-likeness (QED) is 0.832. The normalized spacial score (nSPS) is 21.2. The second kappa shape index (κ2) is 7.68. The number of hydrogen-bond acceptors (Lipinski definition) is 3. The van der Waals surface area contributed by atoms with Gasteiger partial charge < -0.3 is 9.80 Å². The van der Waals surface area contributed by atoms with E-state index in [9.17, 15) is 4.79 Å². The number of aromatic nitrogens is 2. The first kappa shape index (κ1) is 17.5. The van der Waals surface area contributed by atoms with Gasteiger partial charge in [0, 0.05) is 31.4 Å². The summed E-state index contributed by atoms with van der Waals surface area (Å²) in [5.74, 6) is 0.870. The van der Waals surface area contributed by atoms with Crippen molar-refractivity contribution >= 4 is 5.91 Å². The molecule has 1 aromatic heterocycles. The standard InChI is InChI=1S/C19H32N4O/c1-21(2)11-7-8-15-9-10-17-16(14-15)18(20-22(17)3)19(24)23-12-5-4-6-13-23/h15H,4-14H2,1-3H3. The van der Waals surface area contributed by atoms with Crippen molar-refractivity contribution in [3.63, 3.8) is 0 Å². The molecule has 1 aliphatic heterocycles. The van der Waals surface area contributed by atoms with Gasteiger partial charge in [0.2, 0.25) is 0 Å². The number of hydrogen-bond donors (Lipinski definition) is 0. The number of rotatable bonds is 5. The lowest BCUT2D eigenvalue weighted by Crippen LogP contribution is -2.36. The topological polar surface area (TPSA) is 41.4 Å². The molecule has 3 rings (SSSR count). The number of carbonyl (C=O) groups is 1. The van der Waals surface area contributed by atoms with Crippen LogP contribution in [0.5, 0.6) is 0 Å². The second-order valence-electron chi connectivity index (χ2n) is 7.80. The van der Waals surface area contributed by atoms with Crippen LogP contribution in [0.15, 0.2) is 0 Å². The van der Waals surface area contributed by atoms with E-state index in [1.54, 1.807) is 0 Å². The van der Waals surface area contributed by atoms with Crippen LogP contribution in [0.3, 0.4) is 0 Å². The van der Waals surface area contributed by atoms with E-state index in [1.807, 2.05) is 16.6 Å². The maximum absolute atomic E-state index is 12.9. The summed E-state index contributed by atoms with van der Waals surface area (Å²) >= 11 is 0. The Morgan fingerprint density at radius 1 is 1.25 bits per heavy atom. The average Bonchev–Trinajstić information content (AvgIpc) is 2.91. The van der Waals surface area contributed by atoms with Crippen molar-refractivity contribution in [3.05, 3.63) is 17.0 Å². The van der Waals surface area contributed by atoms with Crippen LogP contribution in [-0.4, -0.2) is 59.2 Å². The summed E-state index contributed by atoms with van der Waals surface area (Å²) in [5.41, 5.74) is 3.28. The molecule has 1 aliphatic carbocycles. The molecule has 0 saturated carbocycles. The van der Waals surface area contributed by atoms with E-state index in [4.69, 9.17) is 0 Å². The van der Waals surface area contributed by atoms with Gasteiger partial charge in [-0.1, -0.05) is 0 Å². The predicted octanol–water partition coefficient (Wildman–Crippen LogP) is 2.49. The van der Waals surface area contributed by atoms with Crippen LogP contribution in [0.25, 0.3) is 0 Å².